The number of carbonyl (C=O) groups is 2. The van der Waals surface area contributed by atoms with Crippen LogP contribution < -0.4 is 5.56 Å². The zero-order valence-corrected chi connectivity index (χ0v) is 17.2. The van der Waals surface area contributed by atoms with Crippen molar-refractivity contribution >= 4 is 23.5 Å². The lowest BCUT2D eigenvalue weighted by Gasteiger charge is -2.08. The predicted octanol–water partition coefficient (Wildman–Crippen LogP) is 2.52. The number of methoxy groups -OCH3 is 1. The van der Waals surface area contributed by atoms with Crippen LogP contribution in [0.1, 0.15) is 33.2 Å². The van der Waals surface area contributed by atoms with Gasteiger partial charge in [0.05, 0.1) is 37.8 Å². The number of aryl methyl sites for hydroxylation is 1. The van der Waals surface area contributed by atoms with Crippen molar-refractivity contribution in [3.05, 3.63) is 69.3 Å². The summed E-state index contributed by atoms with van der Waals surface area (Å²) < 4.78 is 12.0. The van der Waals surface area contributed by atoms with Gasteiger partial charge in [-0.2, -0.15) is 0 Å². The highest BCUT2D eigenvalue weighted by molar-refractivity contribution is 7.99. The minimum absolute atomic E-state index is 0.0742. The first-order valence-electron chi connectivity index (χ1n) is 8.89. The number of nitrogens with zero attached hydrogens (tertiary/aromatic N) is 2. The third-order valence-electron chi connectivity index (χ3n) is 4.43. The summed E-state index contributed by atoms with van der Waals surface area (Å²) in [5.74, 6) is 0.355. The summed E-state index contributed by atoms with van der Waals surface area (Å²) >= 11 is 1.12. The van der Waals surface area contributed by atoms with Gasteiger partial charge in [0.2, 0.25) is 0 Å². The molecule has 152 valence electrons. The lowest BCUT2D eigenvalue weighted by molar-refractivity contribution is -0.139. The molecule has 0 amide bonds. The summed E-state index contributed by atoms with van der Waals surface area (Å²) in [5.41, 5.74) is 2.34. The molecule has 3 aromatic rings. The number of hydrogen-bond acceptors (Lipinski definition) is 7. The highest BCUT2D eigenvalue weighted by Gasteiger charge is 2.17. The van der Waals surface area contributed by atoms with E-state index in [1.807, 2.05) is 36.6 Å². The van der Waals surface area contributed by atoms with Gasteiger partial charge >= 0.3 is 5.97 Å². The molecule has 0 aliphatic carbocycles. The summed E-state index contributed by atoms with van der Waals surface area (Å²) in [6, 6.07) is 6.81. The largest absolute Gasteiger partial charge is 0.469 e. The van der Waals surface area contributed by atoms with Gasteiger partial charge < -0.3 is 18.7 Å². The molecule has 9 heteroatoms. The van der Waals surface area contributed by atoms with Gasteiger partial charge in [0.15, 0.2) is 10.9 Å². The lowest BCUT2D eigenvalue weighted by Crippen LogP contribution is -2.14. The summed E-state index contributed by atoms with van der Waals surface area (Å²) in [6.07, 6.45) is 1.52. The summed E-state index contributed by atoms with van der Waals surface area (Å²) in [7, 11) is 1.27. The zero-order chi connectivity index (χ0) is 21.0. The second-order valence-electron chi connectivity index (χ2n) is 6.46. The molecule has 0 aliphatic heterocycles. The first-order valence-corrected chi connectivity index (χ1v) is 9.88. The fraction of sp³-hybridized carbons (Fsp3) is 0.300. The molecule has 0 radical (unpaired) electrons. The number of thioether (sulfide) groups is 1. The van der Waals surface area contributed by atoms with E-state index in [2.05, 4.69) is 14.7 Å². The number of ketones is 1. The maximum absolute atomic E-state index is 12.7. The first kappa shape index (κ1) is 20.7. The molecule has 0 fully saturated rings. The van der Waals surface area contributed by atoms with E-state index in [0.29, 0.717) is 17.8 Å². The van der Waals surface area contributed by atoms with Gasteiger partial charge in [0.25, 0.3) is 5.56 Å². The fourth-order valence-corrected chi connectivity index (χ4v) is 3.74. The van der Waals surface area contributed by atoms with Crippen molar-refractivity contribution < 1.29 is 18.7 Å². The summed E-state index contributed by atoms with van der Waals surface area (Å²) in [6.45, 7) is 4.38. The van der Waals surface area contributed by atoms with Crippen molar-refractivity contribution in [2.75, 3.05) is 12.9 Å². The predicted molar refractivity (Wildman–Crippen MR) is 107 cm³/mol. The van der Waals surface area contributed by atoms with Crippen molar-refractivity contribution in [3.63, 3.8) is 0 Å². The van der Waals surface area contributed by atoms with Crippen molar-refractivity contribution in [2.45, 2.75) is 32.0 Å². The fourth-order valence-electron chi connectivity index (χ4n) is 2.96. The molecule has 3 rings (SSSR count). The molecule has 0 saturated heterocycles. The number of ether oxygens (including phenoxy) is 1. The van der Waals surface area contributed by atoms with E-state index in [0.717, 1.165) is 28.9 Å². The van der Waals surface area contributed by atoms with Crippen molar-refractivity contribution in [2.24, 2.45) is 0 Å². The Balaban J connectivity index is 1.71. The van der Waals surface area contributed by atoms with E-state index >= 15 is 0 Å². The molecular weight excluding hydrogens is 394 g/mol. The molecule has 0 saturated carbocycles. The average Bonchev–Trinajstić information content (AvgIpc) is 3.29. The molecule has 1 N–H and O–H groups in total. The Labute approximate surface area is 171 Å². The van der Waals surface area contributed by atoms with E-state index in [1.54, 1.807) is 6.26 Å². The Hall–Kier alpha value is -3.07. The van der Waals surface area contributed by atoms with E-state index in [9.17, 15) is 14.4 Å². The number of rotatable bonds is 8. The first-order chi connectivity index (χ1) is 13.9. The topological polar surface area (TPSA) is 107 Å². The Morgan fingerprint density at radius 2 is 2.10 bits per heavy atom. The van der Waals surface area contributed by atoms with E-state index in [4.69, 9.17) is 4.42 Å². The molecule has 0 atom stereocenters. The number of hydrogen-bond donors (Lipinski definition) is 1. The second kappa shape index (κ2) is 8.95. The summed E-state index contributed by atoms with van der Waals surface area (Å²) in [4.78, 5) is 42.7. The third-order valence-corrected chi connectivity index (χ3v) is 5.31. The van der Waals surface area contributed by atoms with E-state index in [-0.39, 0.29) is 28.7 Å². The molecule has 0 unspecified atom stereocenters. The van der Waals surface area contributed by atoms with Gasteiger partial charge in [-0.05, 0) is 32.0 Å². The number of nitrogens with one attached hydrogen (secondary N) is 1. The number of furan rings is 1. The molecule has 0 aromatic carbocycles. The van der Waals surface area contributed by atoms with Gasteiger partial charge in [0.1, 0.15) is 5.76 Å². The standard InChI is InChI=1S/C20H21N3O5S/c1-12-7-16(13(2)23(12)10-15-5-4-6-28-15)17(24)11-29-20-21-14(8-18(25)22-20)9-19(26)27-3/h4-8H,9-11H2,1-3H3,(H,21,22,25). The normalized spacial score (nSPS) is 10.9. The second-order valence-corrected chi connectivity index (χ2v) is 7.42. The number of H-pyrrole nitrogens is 1. The van der Waals surface area contributed by atoms with Crippen LogP contribution in [0, 0.1) is 13.8 Å². The smallest absolute Gasteiger partial charge is 0.311 e. The van der Waals surface area contributed by atoms with Crippen LogP contribution in [-0.4, -0.2) is 39.2 Å². The molecule has 0 bridgehead atoms. The highest BCUT2D eigenvalue weighted by Crippen LogP contribution is 2.21. The van der Waals surface area contributed by atoms with Crippen molar-refractivity contribution in [1.82, 2.24) is 14.5 Å². The molecular formula is C20H21N3O5S. The number of carbonyl (C=O) groups excluding carboxylic acids is 2. The Morgan fingerprint density at radius 3 is 2.79 bits per heavy atom. The van der Waals surface area contributed by atoms with E-state index < -0.39 is 5.97 Å². The Kier molecular flexibility index (Phi) is 6.38. The van der Waals surface area contributed by atoms with Crippen LogP contribution in [0.2, 0.25) is 0 Å². The number of aromatic nitrogens is 3. The van der Waals surface area contributed by atoms with Crippen LogP contribution in [0.5, 0.6) is 0 Å². The third kappa shape index (κ3) is 5.05. The van der Waals surface area contributed by atoms with Crippen LogP contribution in [0.4, 0.5) is 0 Å². The minimum Gasteiger partial charge on any atom is -0.469 e. The quantitative estimate of drug-likeness (QED) is 0.261. The van der Waals surface area contributed by atoms with Crippen LogP contribution in [0.25, 0.3) is 0 Å². The molecule has 3 aromatic heterocycles. The maximum Gasteiger partial charge on any atom is 0.311 e. The van der Waals surface area contributed by atoms with E-state index in [1.165, 1.54) is 13.2 Å². The number of esters is 1. The van der Waals surface area contributed by atoms with Gasteiger partial charge in [-0.1, -0.05) is 11.8 Å². The van der Waals surface area contributed by atoms with Crippen molar-refractivity contribution in [3.8, 4) is 0 Å². The monoisotopic (exact) mass is 415 g/mol. The van der Waals surface area contributed by atoms with Crippen LogP contribution in [0.3, 0.4) is 0 Å². The molecule has 0 spiro atoms. The minimum atomic E-state index is -0.487. The molecule has 3 heterocycles. The molecule has 29 heavy (non-hydrogen) atoms. The van der Waals surface area contributed by atoms with Crippen LogP contribution in [-0.2, 0) is 22.5 Å². The van der Waals surface area contributed by atoms with Gasteiger partial charge in [-0.15, -0.1) is 0 Å². The van der Waals surface area contributed by atoms with Crippen LogP contribution in [0.15, 0.2) is 44.9 Å². The maximum atomic E-state index is 12.7. The average molecular weight is 415 g/mol. The SMILES string of the molecule is COC(=O)Cc1cc(=O)[nH]c(SCC(=O)c2cc(C)n(Cc3ccco3)c2C)n1. The van der Waals surface area contributed by atoms with Gasteiger partial charge in [0, 0.05) is 23.0 Å². The lowest BCUT2D eigenvalue weighted by atomic mass is 10.2. The van der Waals surface area contributed by atoms with Gasteiger partial charge in [-0.25, -0.2) is 4.98 Å². The highest BCUT2D eigenvalue weighted by atomic mass is 32.2. The summed E-state index contributed by atoms with van der Waals surface area (Å²) in [5, 5.41) is 0.286. The number of aromatic amines is 1. The van der Waals surface area contributed by atoms with Gasteiger partial charge in [-0.3, -0.25) is 14.4 Å². The molecule has 8 nitrogen and oxygen atoms in total. The van der Waals surface area contributed by atoms with Crippen molar-refractivity contribution in [1.29, 1.82) is 0 Å². The zero-order valence-electron chi connectivity index (χ0n) is 16.4. The Morgan fingerprint density at radius 1 is 1.31 bits per heavy atom. The Bertz CT molecular complexity index is 1080. The number of Topliss-reactive ketones (excluding diaryl/α,β-unsaturated/α-hetero) is 1. The molecule has 0 aliphatic rings. The van der Waals surface area contributed by atoms with Crippen LogP contribution >= 0.6 is 11.8 Å².